The lowest BCUT2D eigenvalue weighted by Crippen LogP contribution is -2.29. The number of aromatic carboxylic acids is 1. The number of benzene rings is 1. The molecule has 0 radical (unpaired) electrons. The topological polar surface area (TPSA) is 83.3 Å². The number of carboxylic acids is 1. The smallest absolute Gasteiger partial charge is 0.335 e. The van der Waals surface area contributed by atoms with Gasteiger partial charge >= 0.3 is 5.97 Å². The number of aryl methyl sites for hydroxylation is 1. The first-order chi connectivity index (χ1) is 16.9. The van der Waals surface area contributed by atoms with Crippen molar-refractivity contribution in [1.29, 1.82) is 0 Å². The van der Waals surface area contributed by atoms with E-state index in [4.69, 9.17) is 12.2 Å². The predicted molar refractivity (Wildman–Crippen MR) is 137 cm³/mol. The first-order valence-electron chi connectivity index (χ1n) is 11.3. The van der Waals surface area contributed by atoms with Gasteiger partial charge in [0.25, 0.3) is 0 Å². The summed E-state index contributed by atoms with van der Waals surface area (Å²) in [5.41, 5.74) is 6.27. The van der Waals surface area contributed by atoms with Crippen molar-refractivity contribution in [3.63, 3.8) is 0 Å². The quantitative estimate of drug-likeness (QED) is 0.383. The lowest BCUT2D eigenvalue weighted by molar-refractivity contribution is 0.0697. The Balaban J connectivity index is 1.60. The van der Waals surface area contributed by atoms with E-state index in [0.29, 0.717) is 11.7 Å². The molecule has 8 heteroatoms. The van der Waals surface area contributed by atoms with Crippen LogP contribution in [0.25, 0.3) is 5.69 Å². The summed E-state index contributed by atoms with van der Waals surface area (Å²) in [4.78, 5) is 22.6. The molecule has 4 aromatic rings. The average molecular weight is 484 g/mol. The van der Waals surface area contributed by atoms with Crippen LogP contribution in [0.2, 0.25) is 0 Å². The Kier molecular flexibility index (Phi) is 6.05. The van der Waals surface area contributed by atoms with Gasteiger partial charge in [-0.05, 0) is 86.2 Å². The lowest BCUT2D eigenvalue weighted by Gasteiger charge is -2.28. The fourth-order valence-corrected chi connectivity index (χ4v) is 5.12. The summed E-state index contributed by atoms with van der Waals surface area (Å²) < 4.78 is 2.15. The van der Waals surface area contributed by atoms with Gasteiger partial charge in [0.15, 0.2) is 5.11 Å². The molecule has 0 bridgehead atoms. The molecule has 0 amide bonds. The molecule has 3 aromatic heterocycles. The molecule has 2 N–H and O–H groups in total. The highest BCUT2D eigenvalue weighted by Crippen LogP contribution is 2.42. The fraction of sp³-hybridized carbons (Fsp3) is 0.185. The molecule has 1 aromatic carbocycles. The van der Waals surface area contributed by atoms with Crippen molar-refractivity contribution in [3.8, 4) is 5.69 Å². The molecule has 1 aliphatic rings. The van der Waals surface area contributed by atoms with Gasteiger partial charge in [-0.3, -0.25) is 9.97 Å². The van der Waals surface area contributed by atoms with Crippen LogP contribution >= 0.6 is 12.2 Å². The van der Waals surface area contributed by atoms with Gasteiger partial charge in [0.1, 0.15) is 0 Å². The van der Waals surface area contributed by atoms with E-state index in [2.05, 4.69) is 44.7 Å². The Labute approximate surface area is 209 Å². The molecule has 0 unspecified atom stereocenters. The molecule has 35 heavy (non-hydrogen) atoms. The number of carbonyl (C=O) groups is 1. The second-order valence-electron chi connectivity index (χ2n) is 8.59. The lowest BCUT2D eigenvalue weighted by atomic mass is 9.96. The summed E-state index contributed by atoms with van der Waals surface area (Å²) in [6.07, 6.45) is 3.59. The van der Waals surface area contributed by atoms with Crippen LogP contribution in [0.3, 0.4) is 0 Å². The van der Waals surface area contributed by atoms with Crippen molar-refractivity contribution in [2.24, 2.45) is 0 Å². The van der Waals surface area contributed by atoms with Gasteiger partial charge in [0.2, 0.25) is 0 Å². The van der Waals surface area contributed by atoms with Crippen molar-refractivity contribution in [3.05, 3.63) is 113 Å². The third kappa shape index (κ3) is 4.28. The Morgan fingerprint density at radius 3 is 2.37 bits per heavy atom. The zero-order chi connectivity index (χ0) is 24.5. The van der Waals surface area contributed by atoms with Crippen LogP contribution in [0.5, 0.6) is 0 Å². The highest BCUT2D eigenvalue weighted by atomic mass is 32.1. The Morgan fingerprint density at radius 2 is 1.74 bits per heavy atom. The molecule has 1 saturated heterocycles. The Hall–Kier alpha value is -4.04. The summed E-state index contributed by atoms with van der Waals surface area (Å²) in [5.74, 6) is -0.938. The monoisotopic (exact) mass is 483 g/mol. The standard InChI is InChI=1S/C27H25N5O2S/c1-17-15-22(18(2)32(17)21-11-9-19(10-12-21)26(33)34)25-24(23-8-4-6-14-29-23)30-27(35)31(25)16-20-7-3-5-13-28-20/h3-15,24-25H,16H2,1-2H3,(H,30,35)(H,33,34)/t24-,25+/m0/s1. The first kappa shape index (κ1) is 22.7. The average Bonchev–Trinajstić information content (AvgIpc) is 3.35. The molecule has 5 rings (SSSR count). The van der Waals surface area contributed by atoms with Gasteiger partial charge in [-0.15, -0.1) is 0 Å². The summed E-state index contributed by atoms with van der Waals surface area (Å²) in [6.45, 7) is 4.71. The van der Waals surface area contributed by atoms with E-state index in [9.17, 15) is 9.90 Å². The van der Waals surface area contributed by atoms with Crippen LogP contribution in [-0.4, -0.2) is 35.6 Å². The Bertz CT molecular complexity index is 1370. The van der Waals surface area contributed by atoms with Gasteiger partial charge < -0.3 is 19.9 Å². The summed E-state index contributed by atoms with van der Waals surface area (Å²) in [5, 5.41) is 13.4. The minimum Gasteiger partial charge on any atom is -0.478 e. The number of thiocarbonyl (C=S) groups is 1. The van der Waals surface area contributed by atoms with Gasteiger partial charge in [0.05, 0.1) is 35.6 Å². The zero-order valence-electron chi connectivity index (χ0n) is 19.4. The van der Waals surface area contributed by atoms with Crippen molar-refractivity contribution < 1.29 is 9.90 Å². The summed E-state index contributed by atoms with van der Waals surface area (Å²) in [7, 11) is 0. The highest BCUT2D eigenvalue weighted by Gasteiger charge is 2.41. The van der Waals surface area contributed by atoms with Crippen LogP contribution in [0, 0.1) is 13.8 Å². The Morgan fingerprint density at radius 1 is 1.03 bits per heavy atom. The number of aromatic nitrogens is 3. The molecular formula is C27H25N5O2S. The van der Waals surface area contributed by atoms with E-state index in [1.54, 1.807) is 24.5 Å². The van der Waals surface area contributed by atoms with E-state index >= 15 is 0 Å². The number of hydrogen-bond donors (Lipinski definition) is 2. The maximum absolute atomic E-state index is 11.3. The molecule has 4 heterocycles. The molecule has 0 saturated carbocycles. The highest BCUT2D eigenvalue weighted by molar-refractivity contribution is 7.80. The zero-order valence-corrected chi connectivity index (χ0v) is 20.2. The minimum atomic E-state index is -0.938. The molecule has 2 atom stereocenters. The largest absolute Gasteiger partial charge is 0.478 e. The normalized spacial score (nSPS) is 17.4. The molecule has 7 nitrogen and oxygen atoms in total. The van der Waals surface area contributed by atoms with Crippen molar-refractivity contribution in [2.45, 2.75) is 32.5 Å². The van der Waals surface area contributed by atoms with Gasteiger partial charge in [0, 0.05) is 29.5 Å². The first-order valence-corrected chi connectivity index (χ1v) is 11.8. The minimum absolute atomic E-state index is 0.0994. The van der Waals surface area contributed by atoms with E-state index in [1.807, 2.05) is 48.5 Å². The second-order valence-corrected chi connectivity index (χ2v) is 8.98. The van der Waals surface area contributed by atoms with Crippen molar-refractivity contribution in [1.82, 2.24) is 24.8 Å². The third-order valence-corrected chi connectivity index (χ3v) is 6.77. The van der Waals surface area contributed by atoms with Crippen LogP contribution < -0.4 is 5.32 Å². The van der Waals surface area contributed by atoms with Crippen molar-refractivity contribution in [2.75, 3.05) is 0 Å². The van der Waals surface area contributed by atoms with E-state index in [1.165, 1.54) is 0 Å². The van der Waals surface area contributed by atoms with Gasteiger partial charge in [-0.1, -0.05) is 12.1 Å². The van der Waals surface area contributed by atoms with Gasteiger partial charge in [-0.2, -0.15) is 0 Å². The predicted octanol–water partition coefficient (Wildman–Crippen LogP) is 4.76. The number of hydrogen-bond acceptors (Lipinski definition) is 4. The molecule has 1 fully saturated rings. The number of nitrogens with one attached hydrogen (secondary N) is 1. The second kappa shape index (κ2) is 9.31. The van der Waals surface area contributed by atoms with E-state index in [0.717, 1.165) is 34.0 Å². The van der Waals surface area contributed by atoms with Crippen LogP contribution in [-0.2, 0) is 6.54 Å². The third-order valence-electron chi connectivity index (χ3n) is 6.42. The van der Waals surface area contributed by atoms with E-state index in [-0.39, 0.29) is 17.6 Å². The number of nitrogens with zero attached hydrogens (tertiary/aromatic N) is 4. The number of pyridine rings is 2. The molecular weight excluding hydrogens is 458 g/mol. The van der Waals surface area contributed by atoms with E-state index < -0.39 is 5.97 Å². The molecule has 0 spiro atoms. The summed E-state index contributed by atoms with van der Waals surface area (Å²) in [6, 6.07) is 20.7. The van der Waals surface area contributed by atoms with Crippen LogP contribution in [0.15, 0.2) is 79.1 Å². The maximum Gasteiger partial charge on any atom is 0.335 e. The summed E-state index contributed by atoms with van der Waals surface area (Å²) >= 11 is 5.81. The number of rotatable bonds is 6. The van der Waals surface area contributed by atoms with Crippen LogP contribution in [0.1, 0.15) is 50.8 Å². The van der Waals surface area contributed by atoms with Gasteiger partial charge in [-0.25, -0.2) is 4.79 Å². The van der Waals surface area contributed by atoms with Crippen LogP contribution in [0.4, 0.5) is 0 Å². The van der Waals surface area contributed by atoms with Crippen molar-refractivity contribution >= 4 is 23.3 Å². The SMILES string of the molecule is Cc1cc([C@@H]2[C@H](c3ccccn3)NC(=S)N2Cc2ccccn2)c(C)n1-c1ccc(C(=O)O)cc1. The fourth-order valence-electron chi connectivity index (χ4n) is 4.82. The molecule has 1 aliphatic heterocycles. The number of carboxylic acid groups (broad SMARTS) is 1. The molecule has 176 valence electrons. The molecule has 0 aliphatic carbocycles. The maximum atomic E-state index is 11.3.